The first-order valence-electron chi connectivity index (χ1n) is 14.2. The van der Waals surface area contributed by atoms with Crippen LogP contribution in [0.15, 0.2) is 6.33 Å². The molecule has 3 rings (SSSR count). The highest BCUT2D eigenvalue weighted by Gasteiger charge is 2.83. The fraction of sp³-hybridized carbons (Fsp3) is 0.759. The Balaban J connectivity index is 2.62. The molecule has 2 aromatic rings. The number of imidazole rings is 1. The van der Waals surface area contributed by atoms with Gasteiger partial charge in [-0.3, -0.25) is 0 Å². The predicted octanol–water partition coefficient (Wildman–Crippen LogP) is 3.01. The van der Waals surface area contributed by atoms with Gasteiger partial charge in [-0.2, -0.15) is 4.98 Å². The van der Waals surface area contributed by atoms with Crippen molar-refractivity contribution in [1.29, 1.82) is 0 Å². The van der Waals surface area contributed by atoms with Crippen LogP contribution < -0.4 is 10.5 Å². The molecule has 0 aliphatic carbocycles. The van der Waals surface area contributed by atoms with Crippen LogP contribution in [0.25, 0.3) is 11.2 Å². The van der Waals surface area contributed by atoms with E-state index >= 15 is 0 Å². The summed E-state index contributed by atoms with van der Waals surface area (Å²) in [6, 6.07) is 0.247. The van der Waals surface area contributed by atoms with Gasteiger partial charge in [0.05, 0.1) is 28.1 Å². The molecule has 2 aromatic heterocycles. The predicted molar refractivity (Wildman–Crippen MR) is 169 cm³/mol. The Kier molecular flexibility index (Phi) is 8.66. The van der Waals surface area contributed by atoms with Gasteiger partial charge in [0.2, 0.25) is 0 Å². The van der Waals surface area contributed by atoms with E-state index in [2.05, 4.69) is 77.4 Å². The molecule has 2 N–H and O–H groups in total. The summed E-state index contributed by atoms with van der Waals surface area (Å²) in [5.74, 6) is 2.79. The van der Waals surface area contributed by atoms with Gasteiger partial charge in [0.15, 0.2) is 28.9 Å². The SMILES string of the molecule is C#CCOc1nc2c(N)ncnc2n1[C@]1([SiH](C)C)O[C@]([SiH3])(COC(C)(C)C)[C@](OC)(C(C)(C)C)[C@@]1(C)OC(C)(C)C. The molecule has 12 heteroatoms. The summed E-state index contributed by atoms with van der Waals surface area (Å²) in [4.78, 5) is 13.6. The molecule has 41 heavy (non-hydrogen) atoms. The maximum absolute atomic E-state index is 7.64. The van der Waals surface area contributed by atoms with Gasteiger partial charge in [0.25, 0.3) is 0 Å². The van der Waals surface area contributed by atoms with E-state index in [1.165, 1.54) is 6.33 Å². The molecule has 3 heterocycles. The third kappa shape index (κ3) is 5.12. The fourth-order valence-corrected chi connectivity index (χ4v) is 12.0. The molecular weight excluding hydrogens is 555 g/mol. The lowest BCUT2D eigenvalue weighted by Gasteiger charge is -2.59. The third-order valence-electron chi connectivity index (χ3n) is 7.98. The fourth-order valence-electron chi connectivity index (χ4n) is 7.32. The van der Waals surface area contributed by atoms with E-state index in [9.17, 15) is 0 Å². The second kappa shape index (κ2) is 10.6. The van der Waals surface area contributed by atoms with Crippen LogP contribution in [0.1, 0.15) is 69.2 Å². The minimum absolute atomic E-state index is 0.00290. The number of methoxy groups -OCH3 is 1. The lowest BCUT2D eigenvalue weighted by Crippen LogP contribution is -2.76. The van der Waals surface area contributed by atoms with Crippen LogP contribution >= 0.6 is 0 Å². The molecule has 1 fully saturated rings. The second-order valence-electron chi connectivity index (χ2n) is 14.6. The van der Waals surface area contributed by atoms with Crippen LogP contribution in [0.4, 0.5) is 5.82 Å². The van der Waals surface area contributed by atoms with E-state index in [4.69, 9.17) is 40.8 Å². The van der Waals surface area contributed by atoms with Gasteiger partial charge in [-0.1, -0.05) is 39.8 Å². The maximum Gasteiger partial charge on any atom is 0.301 e. The van der Waals surface area contributed by atoms with Gasteiger partial charge >= 0.3 is 6.01 Å². The summed E-state index contributed by atoms with van der Waals surface area (Å²) in [5.41, 5.74) is 3.61. The number of terminal acetylenes is 1. The van der Waals surface area contributed by atoms with Crippen LogP contribution in [-0.2, 0) is 24.3 Å². The van der Waals surface area contributed by atoms with Gasteiger partial charge in [0.1, 0.15) is 31.6 Å². The Hall–Kier alpha value is -2.02. The second-order valence-corrected chi connectivity index (χ2v) is 19.3. The zero-order chi connectivity index (χ0) is 31.4. The Labute approximate surface area is 250 Å². The summed E-state index contributed by atoms with van der Waals surface area (Å²) >= 11 is 0. The standard InChI is InChI=1S/C29H51N5O5Si2/c1-15-16-36-22-33-19-20(30)31-18-32-21(19)34(22)29(41(13)14)26(11,38-25(8,9)10)28(35-12,23(2,3)4)27(40,39-29)17-37-24(5,6)7/h1,18,41H,16-17H2,2-14,40H3,(H2,30,31,32)/t26-,27+,28+,29+/m1/s1. The van der Waals surface area contributed by atoms with Crippen molar-refractivity contribution in [2.45, 2.75) is 115 Å². The molecule has 0 amide bonds. The van der Waals surface area contributed by atoms with E-state index in [1.54, 1.807) is 7.11 Å². The highest BCUT2D eigenvalue weighted by molar-refractivity contribution is 6.58. The van der Waals surface area contributed by atoms with Crippen molar-refractivity contribution >= 4 is 36.0 Å². The highest BCUT2D eigenvalue weighted by Crippen LogP contribution is 2.66. The molecule has 0 unspecified atom stereocenters. The molecule has 1 saturated heterocycles. The lowest BCUT2D eigenvalue weighted by molar-refractivity contribution is -0.276. The molecule has 1 aliphatic rings. The Bertz CT molecular complexity index is 1310. The molecule has 230 valence electrons. The van der Waals surface area contributed by atoms with Crippen molar-refractivity contribution in [3.05, 3.63) is 6.33 Å². The lowest BCUT2D eigenvalue weighted by atomic mass is 9.63. The topological polar surface area (TPSA) is 116 Å². The van der Waals surface area contributed by atoms with Crippen molar-refractivity contribution in [1.82, 2.24) is 19.5 Å². The summed E-state index contributed by atoms with van der Waals surface area (Å²) in [6.07, 6.45) is 7.06. The highest BCUT2D eigenvalue weighted by atomic mass is 28.3. The molecule has 10 nitrogen and oxygen atoms in total. The number of aromatic nitrogens is 4. The number of hydrogen-bond acceptors (Lipinski definition) is 9. The van der Waals surface area contributed by atoms with Gasteiger partial charge in [-0.25, -0.2) is 14.5 Å². The van der Waals surface area contributed by atoms with Gasteiger partial charge in [-0.15, -0.1) is 6.42 Å². The number of anilines is 1. The van der Waals surface area contributed by atoms with E-state index in [0.29, 0.717) is 28.0 Å². The maximum atomic E-state index is 7.64. The minimum Gasteiger partial charge on any atom is -0.451 e. The number of nitrogens with two attached hydrogens (primary N) is 1. The first-order valence-corrected chi connectivity index (χ1v) is 18.1. The van der Waals surface area contributed by atoms with E-state index in [-0.39, 0.29) is 18.4 Å². The Morgan fingerprint density at radius 3 is 2.17 bits per heavy atom. The van der Waals surface area contributed by atoms with Crippen LogP contribution in [-0.4, -0.2) is 86.5 Å². The summed E-state index contributed by atoms with van der Waals surface area (Å²) in [6.45, 7) is 25.7. The van der Waals surface area contributed by atoms with Crippen LogP contribution in [0.5, 0.6) is 6.01 Å². The first-order chi connectivity index (χ1) is 18.6. The van der Waals surface area contributed by atoms with Gasteiger partial charge in [0, 0.05) is 7.11 Å². The average Bonchev–Trinajstić information content (AvgIpc) is 3.25. The molecule has 0 saturated carbocycles. The smallest absolute Gasteiger partial charge is 0.301 e. The average molecular weight is 606 g/mol. The van der Waals surface area contributed by atoms with Gasteiger partial charge < -0.3 is 29.4 Å². The van der Waals surface area contributed by atoms with Crippen molar-refractivity contribution in [2.75, 3.05) is 26.1 Å². The summed E-state index contributed by atoms with van der Waals surface area (Å²) in [5, 5.41) is -2.03. The number of ether oxygens (including phenoxy) is 5. The Morgan fingerprint density at radius 2 is 1.71 bits per heavy atom. The molecule has 0 spiro atoms. The van der Waals surface area contributed by atoms with Crippen LogP contribution in [0, 0.1) is 17.8 Å². The van der Waals surface area contributed by atoms with E-state index in [1.807, 2.05) is 25.3 Å². The van der Waals surface area contributed by atoms with Crippen LogP contribution in [0.2, 0.25) is 13.1 Å². The number of nitrogens with zero attached hydrogens (tertiary/aromatic N) is 4. The first kappa shape index (κ1) is 33.5. The quantitative estimate of drug-likeness (QED) is 0.358. The molecule has 0 bridgehead atoms. The van der Waals surface area contributed by atoms with Crippen molar-refractivity contribution in [2.24, 2.45) is 5.41 Å². The number of nitrogen functional groups attached to an aromatic ring is 1. The molecule has 1 aliphatic heterocycles. The third-order valence-corrected chi connectivity index (χ3v) is 11.7. The zero-order valence-electron chi connectivity index (χ0n) is 27.6. The summed E-state index contributed by atoms with van der Waals surface area (Å²) < 4.78 is 36.4. The van der Waals surface area contributed by atoms with Crippen molar-refractivity contribution in [3.8, 4) is 18.4 Å². The van der Waals surface area contributed by atoms with E-state index < -0.39 is 47.2 Å². The van der Waals surface area contributed by atoms with Crippen molar-refractivity contribution in [3.63, 3.8) is 0 Å². The monoisotopic (exact) mass is 605 g/mol. The normalized spacial score (nSPS) is 29.4. The largest absolute Gasteiger partial charge is 0.451 e. The van der Waals surface area contributed by atoms with Crippen LogP contribution in [0.3, 0.4) is 0 Å². The van der Waals surface area contributed by atoms with E-state index in [0.717, 1.165) is 0 Å². The number of fused-ring (bicyclic) bond motifs is 1. The number of hydrogen-bond donors (Lipinski definition) is 1. The van der Waals surface area contributed by atoms with Gasteiger partial charge in [-0.05, 0) is 53.9 Å². The Morgan fingerprint density at radius 1 is 1.10 bits per heavy atom. The minimum atomic E-state index is -2.04. The summed E-state index contributed by atoms with van der Waals surface area (Å²) in [7, 11) is 0.262. The van der Waals surface area contributed by atoms with Crippen molar-refractivity contribution < 1.29 is 23.7 Å². The number of rotatable bonds is 8. The zero-order valence-corrected chi connectivity index (χ0v) is 30.7. The molecule has 0 radical (unpaired) electrons. The molecular formula is C29H51N5O5Si2. The molecule has 0 aromatic carbocycles. The molecule has 4 atom stereocenters.